The molecular weight excluding hydrogens is 180 g/mol. The summed E-state index contributed by atoms with van der Waals surface area (Å²) in [6.45, 7) is 3.15. The van der Waals surface area contributed by atoms with Gasteiger partial charge in [-0.2, -0.15) is 0 Å². The molecule has 1 aromatic rings. The van der Waals surface area contributed by atoms with Gasteiger partial charge in [-0.15, -0.1) is 11.3 Å². The standard InChI is InChI=1S/C10H16N2S/c1-8-6-11-10(13-8)7-12(2)9-4-3-5-9/h6,9H,3-5,7H2,1-2H3. The smallest absolute Gasteiger partial charge is 0.107 e. The van der Waals surface area contributed by atoms with Crippen molar-refractivity contribution in [2.24, 2.45) is 0 Å². The van der Waals surface area contributed by atoms with Crippen LogP contribution in [-0.2, 0) is 6.54 Å². The number of aryl methyl sites for hydroxylation is 1. The predicted molar refractivity (Wildman–Crippen MR) is 56.0 cm³/mol. The molecule has 1 fully saturated rings. The SMILES string of the molecule is Cc1cnc(CN(C)C2CCC2)s1. The van der Waals surface area contributed by atoms with Crippen LogP contribution in [0, 0.1) is 6.92 Å². The lowest BCUT2D eigenvalue weighted by Crippen LogP contribution is -2.36. The maximum absolute atomic E-state index is 4.37. The molecule has 2 rings (SSSR count). The minimum Gasteiger partial charge on any atom is -0.297 e. The molecule has 0 amide bonds. The van der Waals surface area contributed by atoms with Crippen LogP contribution in [-0.4, -0.2) is 23.0 Å². The van der Waals surface area contributed by atoms with E-state index in [2.05, 4.69) is 23.9 Å². The van der Waals surface area contributed by atoms with Crippen LogP contribution in [0.3, 0.4) is 0 Å². The lowest BCUT2D eigenvalue weighted by molar-refractivity contribution is 0.152. The fourth-order valence-electron chi connectivity index (χ4n) is 1.64. The number of nitrogens with zero attached hydrogens (tertiary/aromatic N) is 2. The topological polar surface area (TPSA) is 16.1 Å². The van der Waals surface area contributed by atoms with E-state index in [4.69, 9.17) is 0 Å². The van der Waals surface area contributed by atoms with E-state index >= 15 is 0 Å². The highest BCUT2D eigenvalue weighted by Gasteiger charge is 2.22. The molecule has 2 nitrogen and oxygen atoms in total. The third-order valence-electron chi connectivity index (χ3n) is 2.75. The van der Waals surface area contributed by atoms with Crippen molar-refractivity contribution < 1.29 is 0 Å². The zero-order chi connectivity index (χ0) is 9.26. The Morgan fingerprint density at radius 3 is 2.85 bits per heavy atom. The van der Waals surface area contributed by atoms with Crippen LogP contribution in [0.2, 0.25) is 0 Å². The molecule has 0 aliphatic heterocycles. The molecule has 1 aromatic heterocycles. The summed E-state index contributed by atoms with van der Waals surface area (Å²) in [5.41, 5.74) is 0. The van der Waals surface area contributed by atoms with Crippen LogP contribution in [0.25, 0.3) is 0 Å². The Labute approximate surface area is 83.6 Å². The van der Waals surface area contributed by atoms with Gasteiger partial charge in [0.1, 0.15) is 5.01 Å². The Kier molecular flexibility index (Phi) is 2.65. The van der Waals surface area contributed by atoms with Gasteiger partial charge in [0, 0.05) is 17.1 Å². The van der Waals surface area contributed by atoms with Gasteiger partial charge in [-0.25, -0.2) is 4.98 Å². The first-order valence-corrected chi connectivity index (χ1v) is 5.69. The molecule has 1 saturated carbocycles. The van der Waals surface area contributed by atoms with Crippen LogP contribution in [0.5, 0.6) is 0 Å². The van der Waals surface area contributed by atoms with Gasteiger partial charge in [0.2, 0.25) is 0 Å². The number of rotatable bonds is 3. The molecule has 72 valence electrons. The van der Waals surface area contributed by atoms with Crippen molar-refractivity contribution in [3.8, 4) is 0 Å². The third kappa shape index (κ3) is 2.09. The molecule has 13 heavy (non-hydrogen) atoms. The van der Waals surface area contributed by atoms with Crippen LogP contribution in [0.4, 0.5) is 0 Å². The fraction of sp³-hybridized carbons (Fsp3) is 0.700. The molecule has 0 spiro atoms. The van der Waals surface area contributed by atoms with E-state index in [1.165, 1.54) is 29.1 Å². The maximum Gasteiger partial charge on any atom is 0.107 e. The predicted octanol–water partition coefficient (Wildman–Crippen LogP) is 2.44. The highest BCUT2D eigenvalue weighted by atomic mass is 32.1. The first kappa shape index (κ1) is 9.16. The molecule has 3 heteroatoms. The van der Waals surface area contributed by atoms with Gasteiger partial charge in [0.15, 0.2) is 0 Å². The van der Waals surface area contributed by atoms with E-state index in [1.54, 1.807) is 0 Å². The summed E-state index contributed by atoms with van der Waals surface area (Å²) in [6, 6.07) is 0.823. The van der Waals surface area contributed by atoms with Gasteiger partial charge in [-0.3, -0.25) is 4.90 Å². The van der Waals surface area contributed by atoms with Gasteiger partial charge in [0.05, 0.1) is 6.54 Å². The molecule has 1 heterocycles. The van der Waals surface area contributed by atoms with E-state index in [0.717, 1.165) is 12.6 Å². The number of hydrogen-bond donors (Lipinski definition) is 0. The van der Waals surface area contributed by atoms with Gasteiger partial charge in [-0.05, 0) is 26.8 Å². The van der Waals surface area contributed by atoms with E-state index in [0.29, 0.717) is 0 Å². The number of aromatic nitrogens is 1. The van der Waals surface area contributed by atoms with Crippen molar-refractivity contribution in [3.63, 3.8) is 0 Å². The molecule has 0 radical (unpaired) electrons. The third-order valence-corrected chi connectivity index (χ3v) is 3.65. The molecule has 0 aromatic carbocycles. The van der Waals surface area contributed by atoms with Crippen molar-refractivity contribution in [3.05, 3.63) is 16.1 Å². The summed E-state index contributed by atoms with van der Waals surface area (Å²) in [5, 5.41) is 1.26. The molecule has 0 atom stereocenters. The second kappa shape index (κ2) is 3.76. The molecule has 0 unspecified atom stereocenters. The Morgan fingerprint density at radius 2 is 2.38 bits per heavy atom. The second-order valence-electron chi connectivity index (χ2n) is 3.86. The minimum absolute atomic E-state index is 0.823. The average Bonchev–Trinajstić information content (AvgIpc) is 2.31. The highest BCUT2D eigenvalue weighted by Crippen LogP contribution is 2.25. The molecule has 0 N–H and O–H groups in total. The molecular formula is C10H16N2S. The van der Waals surface area contributed by atoms with Crippen molar-refractivity contribution >= 4 is 11.3 Å². The van der Waals surface area contributed by atoms with Crippen molar-refractivity contribution in [1.82, 2.24) is 9.88 Å². The molecule has 1 aliphatic rings. The summed E-state index contributed by atoms with van der Waals surface area (Å²) in [5.74, 6) is 0. The van der Waals surface area contributed by atoms with Crippen molar-refractivity contribution in [2.75, 3.05) is 7.05 Å². The van der Waals surface area contributed by atoms with E-state index in [-0.39, 0.29) is 0 Å². The number of hydrogen-bond acceptors (Lipinski definition) is 3. The van der Waals surface area contributed by atoms with Gasteiger partial charge < -0.3 is 0 Å². The fourth-order valence-corrected chi connectivity index (χ4v) is 2.50. The Bertz CT molecular complexity index is 278. The van der Waals surface area contributed by atoms with E-state index in [1.807, 2.05) is 17.5 Å². The molecule has 0 saturated heterocycles. The van der Waals surface area contributed by atoms with Crippen molar-refractivity contribution in [1.29, 1.82) is 0 Å². The Hall–Kier alpha value is -0.410. The largest absolute Gasteiger partial charge is 0.297 e. The van der Waals surface area contributed by atoms with Gasteiger partial charge in [-0.1, -0.05) is 6.42 Å². The highest BCUT2D eigenvalue weighted by molar-refractivity contribution is 7.11. The normalized spacial score (nSPS) is 17.8. The Morgan fingerprint density at radius 1 is 1.62 bits per heavy atom. The van der Waals surface area contributed by atoms with Gasteiger partial charge in [0.25, 0.3) is 0 Å². The first-order valence-electron chi connectivity index (χ1n) is 4.87. The Balaban J connectivity index is 1.89. The van der Waals surface area contributed by atoms with Crippen LogP contribution in [0.1, 0.15) is 29.1 Å². The van der Waals surface area contributed by atoms with Crippen LogP contribution < -0.4 is 0 Å². The van der Waals surface area contributed by atoms with E-state index in [9.17, 15) is 0 Å². The van der Waals surface area contributed by atoms with Crippen molar-refractivity contribution in [2.45, 2.75) is 38.8 Å². The quantitative estimate of drug-likeness (QED) is 0.738. The molecule has 1 aliphatic carbocycles. The minimum atomic E-state index is 0.823. The summed E-state index contributed by atoms with van der Waals surface area (Å²) in [7, 11) is 2.21. The zero-order valence-electron chi connectivity index (χ0n) is 8.29. The number of thiazole rings is 1. The summed E-state index contributed by atoms with van der Waals surface area (Å²) < 4.78 is 0. The second-order valence-corrected chi connectivity index (χ2v) is 5.18. The molecule has 0 bridgehead atoms. The summed E-state index contributed by atoms with van der Waals surface area (Å²) in [6.07, 6.45) is 6.13. The monoisotopic (exact) mass is 196 g/mol. The average molecular weight is 196 g/mol. The van der Waals surface area contributed by atoms with Gasteiger partial charge >= 0.3 is 0 Å². The zero-order valence-corrected chi connectivity index (χ0v) is 9.10. The van der Waals surface area contributed by atoms with Crippen LogP contribution in [0.15, 0.2) is 6.20 Å². The lowest BCUT2D eigenvalue weighted by atomic mass is 9.92. The maximum atomic E-state index is 4.37. The summed E-state index contributed by atoms with van der Waals surface area (Å²) >= 11 is 1.82. The first-order chi connectivity index (χ1) is 6.25. The van der Waals surface area contributed by atoms with Crippen LogP contribution >= 0.6 is 11.3 Å². The lowest BCUT2D eigenvalue weighted by Gasteiger charge is -2.34. The van der Waals surface area contributed by atoms with E-state index < -0.39 is 0 Å². The summed E-state index contributed by atoms with van der Waals surface area (Å²) in [4.78, 5) is 8.12.